The molecule has 0 radical (unpaired) electrons. The third-order valence-electron chi connectivity index (χ3n) is 3.06. The molecule has 0 amide bonds. The van der Waals surface area contributed by atoms with Gasteiger partial charge in [-0.3, -0.25) is 4.79 Å². The minimum absolute atomic E-state index is 0.478. The number of carbonyl (C=O) groups is 1. The lowest BCUT2D eigenvalue weighted by molar-refractivity contribution is -0.142. The van der Waals surface area contributed by atoms with Crippen molar-refractivity contribution in [2.75, 3.05) is 0 Å². The highest BCUT2D eigenvalue weighted by molar-refractivity contribution is 5.79. The van der Waals surface area contributed by atoms with Crippen molar-refractivity contribution < 1.29 is 9.90 Å². The number of aromatic amines is 1. The lowest BCUT2D eigenvalue weighted by Gasteiger charge is -2.15. The van der Waals surface area contributed by atoms with Gasteiger partial charge in [-0.05, 0) is 20.8 Å². The summed E-state index contributed by atoms with van der Waals surface area (Å²) in [6.45, 7) is 5.18. The second kappa shape index (κ2) is 4.29. The van der Waals surface area contributed by atoms with Gasteiger partial charge >= 0.3 is 5.97 Å². The standard InChI is InChI=1S/C14H16N2O2/c1-9-11(10-7-5-4-6-8-10)16-12(15-9)14(2,3)13(17)18/h4-8H,1-3H3,(H,15,16)(H,17,18). The number of imidazole rings is 1. The molecule has 1 aromatic carbocycles. The maximum absolute atomic E-state index is 11.2. The number of rotatable bonds is 3. The SMILES string of the molecule is Cc1[nH]c(C(C)(C)C(=O)O)nc1-c1ccccc1. The minimum Gasteiger partial charge on any atom is -0.481 e. The molecule has 1 heterocycles. The van der Waals surface area contributed by atoms with Crippen LogP contribution in [0.1, 0.15) is 25.4 Å². The van der Waals surface area contributed by atoms with Gasteiger partial charge in [-0.15, -0.1) is 0 Å². The monoisotopic (exact) mass is 244 g/mol. The molecule has 0 saturated heterocycles. The number of hydrogen-bond donors (Lipinski definition) is 2. The number of nitrogens with zero attached hydrogens (tertiary/aromatic N) is 1. The number of benzene rings is 1. The van der Waals surface area contributed by atoms with Crippen molar-refractivity contribution in [3.63, 3.8) is 0 Å². The minimum atomic E-state index is -1.02. The molecule has 2 rings (SSSR count). The number of aromatic nitrogens is 2. The van der Waals surface area contributed by atoms with Crippen LogP contribution >= 0.6 is 0 Å². The van der Waals surface area contributed by atoms with Crippen molar-refractivity contribution in [1.29, 1.82) is 0 Å². The Hall–Kier alpha value is -2.10. The maximum Gasteiger partial charge on any atom is 0.316 e. The smallest absolute Gasteiger partial charge is 0.316 e. The third kappa shape index (κ3) is 2.01. The Morgan fingerprint density at radius 3 is 2.44 bits per heavy atom. The maximum atomic E-state index is 11.2. The fourth-order valence-electron chi connectivity index (χ4n) is 1.73. The molecule has 4 heteroatoms. The van der Waals surface area contributed by atoms with Gasteiger partial charge in [0.2, 0.25) is 0 Å². The van der Waals surface area contributed by atoms with Crippen molar-refractivity contribution in [3.05, 3.63) is 41.9 Å². The average Bonchev–Trinajstić information content (AvgIpc) is 2.73. The summed E-state index contributed by atoms with van der Waals surface area (Å²) >= 11 is 0. The van der Waals surface area contributed by atoms with E-state index in [9.17, 15) is 9.90 Å². The molecule has 0 bridgehead atoms. The van der Waals surface area contributed by atoms with E-state index < -0.39 is 11.4 Å². The molecule has 0 aliphatic heterocycles. The number of aryl methyl sites for hydroxylation is 1. The Morgan fingerprint density at radius 1 is 1.28 bits per heavy atom. The molecule has 94 valence electrons. The first-order valence-electron chi connectivity index (χ1n) is 5.79. The Kier molecular flexibility index (Phi) is 2.95. The Morgan fingerprint density at radius 2 is 1.89 bits per heavy atom. The van der Waals surface area contributed by atoms with Crippen molar-refractivity contribution in [1.82, 2.24) is 9.97 Å². The Balaban J connectivity index is 2.49. The van der Waals surface area contributed by atoms with E-state index in [2.05, 4.69) is 9.97 Å². The molecule has 0 unspecified atom stereocenters. The summed E-state index contributed by atoms with van der Waals surface area (Å²) in [6.07, 6.45) is 0. The second-order valence-corrected chi connectivity index (χ2v) is 4.86. The molecule has 0 atom stereocenters. The summed E-state index contributed by atoms with van der Waals surface area (Å²) in [4.78, 5) is 18.7. The van der Waals surface area contributed by atoms with E-state index in [1.807, 2.05) is 37.3 Å². The summed E-state index contributed by atoms with van der Waals surface area (Å²) in [5, 5.41) is 9.21. The highest BCUT2D eigenvalue weighted by atomic mass is 16.4. The van der Waals surface area contributed by atoms with Crippen LogP contribution in [0.15, 0.2) is 30.3 Å². The van der Waals surface area contributed by atoms with Crippen LogP contribution in [0.3, 0.4) is 0 Å². The van der Waals surface area contributed by atoms with Gasteiger partial charge < -0.3 is 10.1 Å². The first-order valence-corrected chi connectivity index (χ1v) is 5.79. The fourth-order valence-corrected chi connectivity index (χ4v) is 1.73. The summed E-state index contributed by atoms with van der Waals surface area (Å²) < 4.78 is 0. The van der Waals surface area contributed by atoms with E-state index in [4.69, 9.17) is 0 Å². The first-order chi connectivity index (χ1) is 8.43. The summed E-state index contributed by atoms with van der Waals surface area (Å²) in [6, 6.07) is 9.73. The average molecular weight is 244 g/mol. The topological polar surface area (TPSA) is 66.0 Å². The van der Waals surface area contributed by atoms with Gasteiger partial charge in [-0.1, -0.05) is 30.3 Å². The number of nitrogens with one attached hydrogen (secondary N) is 1. The highest BCUT2D eigenvalue weighted by Crippen LogP contribution is 2.27. The number of hydrogen-bond acceptors (Lipinski definition) is 2. The van der Waals surface area contributed by atoms with Crippen LogP contribution < -0.4 is 0 Å². The number of carboxylic acids is 1. The van der Waals surface area contributed by atoms with Crippen molar-refractivity contribution in [2.45, 2.75) is 26.2 Å². The Bertz CT molecular complexity index is 571. The van der Waals surface area contributed by atoms with Crippen molar-refractivity contribution in [3.8, 4) is 11.3 Å². The zero-order chi connectivity index (χ0) is 13.3. The van der Waals surface area contributed by atoms with E-state index in [-0.39, 0.29) is 0 Å². The molecule has 2 aromatic rings. The molecule has 1 aromatic heterocycles. The van der Waals surface area contributed by atoms with Crippen molar-refractivity contribution >= 4 is 5.97 Å². The molecule has 0 fully saturated rings. The molecular formula is C14H16N2O2. The second-order valence-electron chi connectivity index (χ2n) is 4.86. The van der Waals surface area contributed by atoms with Crippen LogP contribution in [-0.4, -0.2) is 21.0 Å². The van der Waals surface area contributed by atoms with Crippen LogP contribution in [0, 0.1) is 6.92 Å². The Labute approximate surface area is 106 Å². The number of aliphatic carboxylic acids is 1. The molecule has 0 aliphatic carbocycles. The van der Waals surface area contributed by atoms with Gasteiger partial charge in [0.1, 0.15) is 11.2 Å². The molecule has 18 heavy (non-hydrogen) atoms. The molecule has 4 nitrogen and oxygen atoms in total. The van der Waals surface area contributed by atoms with Crippen LogP contribution in [0.25, 0.3) is 11.3 Å². The zero-order valence-corrected chi connectivity index (χ0v) is 10.7. The quantitative estimate of drug-likeness (QED) is 0.872. The summed E-state index contributed by atoms with van der Waals surface area (Å²) in [7, 11) is 0. The summed E-state index contributed by atoms with van der Waals surface area (Å²) in [5.41, 5.74) is 1.65. The van der Waals surface area contributed by atoms with Gasteiger partial charge in [0.25, 0.3) is 0 Å². The van der Waals surface area contributed by atoms with Crippen LogP contribution in [0.2, 0.25) is 0 Å². The molecule has 0 aliphatic rings. The van der Waals surface area contributed by atoms with Gasteiger partial charge in [-0.2, -0.15) is 0 Å². The lowest BCUT2D eigenvalue weighted by Crippen LogP contribution is -2.29. The third-order valence-corrected chi connectivity index (χ3v) is 3.06. The van der Waals surface area contributed by atoms with E-state index in [1.54, 1.807) is 13.8 Å². The van der Waals surface area contributed by atoms with Crippen LogP contribution in [0.4, 0.5) is 0 Å². The first kappa shape index (κ1) is 12.4. The van der Waals surface area contributed by atoms with E-state index in [0.29, 0.717) is 5.82 Å². The van der Waals surface area contributed by atoms with Gasteiger partial charge in [-0.25, -0.2) is 4.98 Å². The zero-order valence-electron chi connectivity index (χ0n) is 10.7. The van der Waals surface area contributed by atoms with Gasteiger partial charge in [0.15, 0.2) is 0 Å². The predicted octanol–water partition coefficient (Wildman–Crippen LogP) is 2.75. The molecule has 0 saturated carbocycles. The highest BCUT2D eigenvalue weighted by Gasteiger charge is 2.33. The van der Waals surface area contributed by atoms with Crippen LogP contribution in [0.5, 0.6) is 0 Å². The van der Waals surface area contributed by atoms with E-state index >= 15 is 0 Å². The fraction of sp³-hybridized carbons (Fsp3) is 0.286. The molecule has 0 spiro atoms. The van der Waals surface area contributed by atoms with E-state index in [1.165, 1.54) is 0 Å². The summed E-state index contributed by atoms with van der Waals surface area (Å²) in [5.74, 6) is -0.415. The largest absolute Gasteiger partial charge is 0.481 e. The number of carboxylic acid groups (broad SMARTS) is 1. The number of H-pyrrole nitrogens is 1. The lowest BCUT2D eigenvalue weighted by atomic mass is 9.93. The molecule has 2 N–H and O–H groups in total. The predicted molar refractivity (Wildman–Crippen MR) is 69.4 cm³/mol. The van der Waals surface area contributed by atoms with Crippen molar-refractivity contribution in [2.24, 2.45) is 0 Å². The normalized spacial score (nSPS) is 11.5. The molecular weight excluding hydrogens is 228 g/mol. The van der Waals surface area contributed by atoms with Gasteiger partial charge in [0, 0.05) is 11.3 Å². The van der Waals surface area contributed by atoms with Crippen LogP contribution in [-0.2, 0) is 10.2 Å². The van der Waals surface area contributed by atoms with Gasteiger partial charge in [0.05, 0.1) is 5.69 Å². The van der Waals surface area contributed by atoms with E-state index in [0.717, 1.165) is 17.0 Å².